The van der Waals surface area contributed by atoms with Gasteiger partial charge in [-0.3, -0.25) is 0 Å². The Labute approximate surface area is 158 Å². The zero-order valence-electron chi connectivity index (χ0n) is 16.0. The van der Waals surface area contributed by atoms with Crippen molar-refractivity contribution in [3.63, 3.8) is 0 Å². The first-order chi connectivity index (χ1) is 12.8. The van der Waals surface area contributed by atoms with Crippen molar-refractivity contribution in [2.75, 3.05) is 4.90 Å². The first-order valence-corrected chi connectivity index (χ1v) is 9.74. The van der Waals surface area contributed by atoms with E-state index in [4.69, 9.17) is 0 Å². The Morgan fingerprint density at radius 3 is 1.73 bits per heavy atom. The van der Waals surface area contributed by atoms with Gasteiger partial charge in [-0.1, -0.05) is 93.1 Å². The molecule has 0 atom stereocenters. The lowest BCUT2D eigenvalue weighted by molar-refractivity contribution is 0.785. The molecule has 0 aromatic heterocycles. The lowest BCUT2D eigenvalue weighted by Gasteiger charge is -2.28. The number of nitrogens with zero attached hydrogens (tertiary/aromatic N) is 1. The van der Waals surface area contributed by atoms with Gasteiger partial charge in [0.05, 0.1) is 0 Å². The molecule has 0 aliphatic carbocycles. The van der Waals surface area contributed by atoms with Crippen LogP contribution >= 0.6 is 0 Å². The van der Waals surface area contributed by atoms with E-state index in [1.165, 1.54) is 34.4 Å². The van der Waals surface area contributed by atoms with Gasteiger partial charge in [-0.15, -0.1) is 0 Å². The number of hydrogen-bond acceptors (Lipinski definition) is 1. The quantitative estimate of drug-likeness (QED) is 0.457. The summed E-state index contributed by atoms with van der Waals surface area (Å²) in [5, 5.41) is 0. The molecule has 0 heterocycles. The van der Waals surface area contributed by atoms with Crippen molar-refractivity contribution in [1.29, 1.82) is 0 Å². The number of aryl methyl sites for hydroxylation is 2. The molecule has 0 fully saturated rings. The molecule has 1 heteroatoms. The molecule has 0 aliphatic rings. The molecule has 0 aliphatic heterocycles. The minimum Gasteiger partial charge on any atom is -0.363 e. The zero-order chi connectivity index (χ0) is 18.2. The monoisotopic (exact) mass is 343 g/mol. The van der Waals surface area contributed by atoms with Gasteiger partial charge in [-0.05, 0) is 41.2 Å². The van der Waals surface area contributed by atoms with Crippen LogP contribution in [0.4, 0.5) is 5.69 Å². The highest BCUT2D eigenvalue weighted by atomic mass is 15.1. The average Bonchev–Trinajstić information content (AvgIpc) is 2.70. The van der Waals surface area contributed by atoms with Crippen LogP contribution in [0.1, 0.15) is 42.5 Å². The molecule has 0 saturated carbocycles. The van der Waals surface area contributed by atoms with Crippen LogP contribution in [0.5, 0.6) is 0 Å². The van der Waals surface area contributed by atoms with Gasteiger partial charge in [0.1, 0.15) is 0 Å². The molecule has 0 amide bonds. The predicted molar refractivity (Wildman–Crippen MR) is 113 cm³/mol. The third-order valence-electron chi connectivity index (χ3n) is 4.85. The molecule has 3 rings (SSSR count). The summed E-state index contributed by atoms with van der Waals surface area (Å²) >= 11 is 0. The maximum absolute atomic E-state index is 2.54. The number of benzene rings is 3. The van der Waals surface area contributed by atoms with E-state index < -0.39 is 0 Å². The summed E-state index contributed by atoms with van der Waals surface area (Å²) in [4.78, 5) is 2.54. The summed E-state index contributed by atoms with van der Waals surface area (Å²) < 4.78 is 0. The van der Waals surface area contributed by atoms with Crippen molar-refractivity contribution >= 4 is 5.69 Å². The summed E-state index contributed by atoms with van der Waals surface area (Å²) in [5.41, 5.74) is 6.96. The van der Waals surface area contributed by atoms with E-state index in [0.29, 0.717) is 0 Å². The summed E-state index contributed by atoms with van der Waals surface area (Å²) in [6.07, 6.45) is 3.37. The molecule has 3 aromatic carbocycles. The lowest BCUT2D eigenvalue weighted by atomic mass is 10.0. The van der Waals surface area contributed by atoms with Crippen LogP contribution in [0.15, 0.2) is 78.9 Å². The Morgan fingerprint density at radius 2 is 1.23 bits per heavy atom. The third kappa shape index (κ3) is 4.76. The standard InChI is InChI=1S/C25H29N/c1-3-11-24-17-16-21(4-2)18-25(24)26(19-22-12-7-5-8-13-22)20-23-14-9-6-10-15-23/h5-10,12-18H,3-4,11,19-20H2,1-2H3. The van der Waals surface area contributed by atoms with Crippen LogP contribution in [-0.2, 0) is 25.9 Å². The Bertz CT molecular complexity index is 751. The highest BCUT2D eigenvalue weighted by Gasteiger charge is 2.13. The van der Waals surface area contributed by atoms with Crippen molar-refractivity contribution in [2.24, 2.45) is 0 Å². The first-order valence-electron chi connectivity index (χ1n) is 9.74. The molecule has 26 heavy (non-hydrogen) atoms. The van der Waals surface area contributed by atoms with Gasteiger partial charge in [-0.25, -0.2) is 0 Å². The molecule has 1 nitrogen and oxygen atoms in total. The molecule has 0 spiro atoms. The van der Waals surface area contributed by atoms with Gasteiger partial charge in [0.25, 0.3) is 0 Å². The summed E-state index contributed by atoms with van der Waals surface area (Å²) in [6.45, 7) is 6.35. The Balaban J connectivity index is 1.98. The summed E-state index contributed by atoms with van der Waals surface area (Å²) in [6, 6.07) is 28.6. The van der Waals surface area contributed by atoms with E-state index in [1.807, 2.05) is 0 Å². The van der Waals surface area contributed by atoms with E-state index in [-0.39, 0.29) is 0 Å². The zero-order valence-corrected chi connectivity index (χ0v) is 16.0. The van der Waals surface area contributed by atoms with E-state index in [1.54, 1.807) is 0 Å². The average molecular weight is 344 g/mol. The maximum Gasteiger partial charge on any atom is 0.0433 e. The highest BCUT2D eigenvalue weighted by Crippen LogP contribution is 2.27. The van der Waals surface area contributed by atoms with Crippen LogP contribution < -0.4 is 4.90 Å². The minimum absolute atomic E-state index is 0.930. The van der Waals surface area contributed by atoms with Gasteiger partial charge in [0, 0.05) is 18.8 Å². The van der Waals surface area contributed by atoms with Crippen LogP contribution in [-0.4, -0.2) is 0 Å². The van der Waals surface area contributed by atoms with Crippen molar-refractivity contribution in [3.8, 4) is 0 Å². The molecular weight excluding hydrogens is 314 g/mol. The highest BCUT2D eigenvalue weighted by molar-refractivity contribution is 5.56. The van der Waals surface area contributed by atoms with Crippen molar-refractivity contribution in [2.45, 2.75) is 46.2 Å². The second kappa shape index (κ2) is 9.24. The van der Waals surface area contributed by atoms with E-state index in [2.05, 4.69) is 97.6 Å². The van der Waals surface area contributed by atoms with Gasteiger partial charge >= 0.3 is 0 Å². The van der Waals surface area contributed by atoms with E-state index in [0.717, 1.165) is 25.9 Å². The normalized spacial score (nSPS) is 10.7. The minimum atomic E-state index is 0.930. The molecule has 134 valence electrons. The molecule has 0 radical (unpaired) electrons. The van der Waals surface area contributed by atoms with Crippen molar-refractivity contribution < 1.29 is 0 Å². The van der Waals surface area contributed by atoms with Gasteiger partial charge < -0.3 is 4.90 Å². The molecular formula is C25H29N. The van der Waals surface area contributed by atoms with Gasteiger partial charge in [0.2, 0.25) is 0 Å². The third-order valence-corrected chi connectivity index (χ3v) is 4.85. The maximum atomic E-state index is 2.54. The second-order valence-electron chi connectivity index (χ2n) is 6.89. The van der Waals surface area contributed by atoms with E-state index >= 15 is 0 Å². The van der Waals surface area contributed by atoms with Crippen LogP contribution in [0, 0.1) is 0 Å². The summed E-state index contributed by atoms with van der Waals surface area (Å²) in [5.74, 6) is 0. The number of anilines is 1. The Kier molecular flexibility index (Phi) is 6.49. The van der Waals surface area contributed by atoms with Crippen LogP contribution in [0.25, 0.3) is 0 Å². The summed E-state index contributed by atoms with van der Waals surface area (Å²) in [7, 11) is 0. The van der Waals surface area contributed by atoms with Gasteiger partial charge in [0.15, 0.2) is 0 Å². The fraction of sp³-hybridized carbons (Fsp3) is 0.280. The topological polar surface area (TPSA) is 3.24 Å². The molecule has 0 N–H and O–H groups in total. The first kappa shape index (κ1) is 18.3. The van der Waals surface area contributed by atoms with Gasteiger partial charge in [-0.2, -0.15) is 0 Å². The number of rotatable bonds is 8. The molecule has 0 unspecified atom stereocenters. The fourth-order valence-electron chi connectivity index (χ4n) is 3.44. The second-order valence-corrected chi connectivity index (χ2v) is 6.89. The van der Waals surface area contributed by atoms with E-state index in [9.17, 15) is 0 Å². The SMILES string of the molecule is CCCc1ccc(CC)cc1N(Cc1ccccc1)Cc1ccccc1. The molecule has 3 aromatic rings. The number of hydrogen-bond donors (Lipinski definition) is 0. The predicted octanol–water partition coefficient (Wildman–Crippen LogP) is 6.41. The van der Waals surface area contributed by atoms with Crippen molar-refractivity contribution in [1.82, 2.24) is 0 Å². The Hall–Kier alpha value is -2.54. The van der Waals surface area contributed by atoms with Crippen LogP contribution in [0.3, 0.4) is 0 Å². The lowest BCUT2D eigenvalue weighted by Crippen LogP contribution is -2.23. The largest absolute Gasteiger partial charge is 0.363 e. The molecule has 0 saturated heterocycles. The van der Waals surface area contributed by atoms with Crippen LogP contribution in [0.2, 0.25) is 0 Å². The smallest absolute Gasteiger partial charge is 0.0433 e. The molecule has 0 bridgehead atoms. The van der Waals surface area contributed by atoms with Crippen molar-refractivity contribution in [3.05, 3.63) is 101 Å². The Morgan fingerprint density at radius 1 is 0.654 bits per heavy atom. The fourth-order valence-corrected chi connectivity index (χ4v) is 3.44.